The number of carbonyl (C=O) groups excluding carboxylic acids is 2. The van der Waals surface area contributed by atoms with Gasteiger partial charge in [0.25, 0.3) is 5.91 Å². The van der Waals surface area contributed by atoms with Gasteiger partial charge in [-0.3, -0.25) is 9.59 Å². The highest BCUT2D eigenvalue weighted by Gasteiger charge is 2.38. The van der Waals surface area contributed by atoms with E-state index in [9.17, 15) is 14.0 Å². The molecular formula is C12H11FN2O2. The standard InChI is InChI=1S/C12H11FN2O2/c13-7-1-2-9-8(5-7)12(17)15-4-3-11(16)10(15)6-14-9/h1-2,5,10,14H,3-4,6H2/t10-/m0/s1. The topological polar surface area (TPSA) is 49.4 Å². The van der Waals surface area contributed by atoms with E-state index in [-0.39, 0.29) is 11.7 Å². The van der Waals surface area contributed by atoms with Gasteiger partial charge in [-0.25, -0.2) is 4.39 Å². The number of fused-ring (bicyclic) bond motifs is 2. The van der Waals surface area contributed by atoms with Crippen LogP contribution in [0, 0.1) is 5.82 Å². The SMILES string of the molecule is O=C1CCN2C(=O)c3cc(F)ccc3NC[C@@H]12. The first kappa shape index (κ1) is 10.3. The normalized spacial score (nSPS) is 22.9. The summed E-state index contributed by atoms with van der Waals surface area (Å²) >= 11 is 0. The molecule has 0 spiro atoms. The molecule has 17 heavy (non-hydrogen) atoms. The van der Waals surface area contributed by atoms with Crippen molar-refractivity contribution in [2.75, 3.05) is 18.4 Å². The van der Waals surface area contributed by atoms with Crippen LogP contribution in [0.5, 0.6) is 0 Å². The molecule has 88 valence electrons. The van der Waals surface area contributed by atoms with Crippen LogP contribution in [0.1, 0.15) is 16.8 Å². The summed E-state index contributed by atoms with van der Waals surface area (Å²) in [5.41, 5.74) is 0.904. The Morgan fingerprint density at radius 2 is 2.18 bits per heavy atom. The first-order chi connectivity index (χ1) is 8.16. The van der Waals surface area contributed by atoms with Gasteiger partial charge in [-0.1, -0.05) is 0 Å². The molecule has 2 heterocycles. The molecule has 1 saturated heterocycles. The highest BCUT2D eigenvalue weighted by atomic mass is 19.1. The number of Topliss-reactive ketones (excluding diaryl/α,β-unsaturated/α-hetero) is 1. The molecule has 0 bridgehead atoms. The molecule has 1 aromatic carbocycles. The fourth-order valence-corrected chi connectivity index (χ4v) is 2.40. The Hall–Kier alpha value is -1.91. The summed E-state index contributed by atoms with van der Waals surface area (Å²) in [6.45, 7) is 0.836. The van der Waals surface area contributed by atoms with Gasteiger partial charge in [0.2, 0.25) is 0 Å². The number of nitrogens with one attached hydrogen (secondary N) is 1. The number of benzene rings is 1. The summed E-state index contributed by atoms with van der Waals surface area (Å²) in [4.78, 5) is 25.3. The lowest BCUT2D eigenvalue weighted by molar-refractivity contribution is -0.119. The fourth-order valence-electron chi connectivity index (χ4n) is 2.40. The van der Waals surface area contributed by atoms with Gasteiger partial charge in [0.1, 0.15) is 11.9 Å². The average molecular weight is 234 g/mol. The number of hydrogen-bond acceptors (Lipinski definition) is 3. The van der Waals surface area contributed by atoms with Gasteiger partial charge in [-0.05, 0) is 18.2 Å². The molecule has 0 aliphatic carbocycles. The first-order valence-electron chi connectivity index (χ1n) is 5.54. The van der Waals surface area contributed by atoms with Crippen LogP contribution in [-0.4, -0.2) is 35.7 Å². The molecule has 0 unspecified atom stereocenters. The molecule has 4 nitrogen and oxygen atoms in total. The van der Waals surface area contributed by atoms with Crippen LogP contribution in [0.25, 0.3) is 0 Å². The van der Waals surface area contributed by atoms with Crippen molar-refractivity contribution in [3.05, 3.63) is 29.6 Å². The maximum absolute atomic E-state index is 13.2. The Morgan fingerprint density at radius 1 is 1.35 bits per heavy atom. The van der Waals surface area contributed by atoms with Crippen LogP contribution < -0.4 is 5.32 Å². The maximum atomic E-state index is 13.2. The minimum absolute atomic E-state index is 0.0686. The highest BCUT2D eigenvalue weighted by molar-refractivity contribution is 6.04. The number of nitrogens with zero attached hydrogens (tertiary/aromatic N) is 1. The minimum Gasteiger partial charge on any atom is -0.382 e. The van der Waals surface area contributed by atoms with Crippen molar-refractivity contribution in [2.45, 2.75) is 12.5 Å². The fraction of sp³-hybridized carbons (Fsp3) is 0.333. The van der Waals surface area contributed by atoms with E-state index in [1.54, 1.807) is 0 Å². The van der Waals surface area contributed by atoms with Crippen molar-refractivity contribution in [3.8, 4) is 0 Å². The van der Waals surface area contributed by atoms with Crippen molar-refractivity contribution < 1.29 is 14.0 Å². The van der Waals surface area contributed by atoms with E-state index in [1.807, 2.05) is 0 Å². The van der Waals surface area contributed by atoms with Crippen LogP contribution in [-0.2, 0) is 4.79 Å². The summed E-state index contributed by atoms with van der Waals surface area (Å²) in [6.07, 6.45) is 0.392. The molecule has 0 radical (unpaired) electrons. The van der Waals surface area contributed by atoms with E-state index in [0.717, 1.165) is 0 Å². The number of rotatable bonds is 0. The number of carbonyl (C=O) groups is 2. The molecule has 5 heteroatoms. The predicted octanol–water partition coefficient (Wildman–Crippen LogP) is 1.03. The van der Waals surface area contributed by atoms with E-state index in [1.165, 1.54) is 23.1 Å². The molecule has 0 saturated carbocycles. The maximum Gasteiger partial charge on any atom is 0.256 e. The van der Waals surface area contributed by atoms with Gasteiger partial charge in [0.05, 0.1) is 5.56 Å². The molecule has 0 aromatic heterocycles. The smallest absolute Gasteiger partial charge is 0.256 e. The van der Waals surface area contributed by atoms with Crippen molar-refractivity contribution >= 4 is 17.4 Å². The first-order valence-corrected chi connectivity index (χ1v) is 5.54. The predicted molar refractivity (Wildman–Crippen MR) is 59.3 cm³/mol. The third-order valence-electron chi connectivity index (χ3n) is 3.31. The van der Waals surface area contributed by atoms with Gasteiger partial charge in [-0.2, -0.15) is 0 Å². The summed E-state index contributed by atoms with van der Waals surface area (Å²) in [5, 5.41) is 3.03. The van der Waals surface area contributed by atoms with Gasteiger partial charge < -0.3 is 10.2 Å². The van der Waals surface area contributed by atoms with Gasteiger partial charge >= 0.3 is 0 Å². The monoisotopic (exact) mass is 234 g/mol. The Labute approximate surface area is 97.4 Å². The Kier molecular flexibility index (Phi) is 2.14. The van der Waals surface area contributed by atoms with Crippen molar-refractivity contribution in [1.82, 2.24) is 4.90 Å². The van der Waals surface area contributed by atoms with Crippen molar-refractivity contribution in [3.63, 3.8) is 0 Å². The zero-order valence-corrected chi connectivity index (χ0v) is 9.07. The third kappa shape index (κ3) is 1.50. The Bertz CT molecular complexity index is 515. The molecule has 3 rings (SSSR count). The molecule has 1 fully saturated rings. The lowest BCUT2D eigenvalue weighted by Crippen LogP contribution is -2.40. The molecule has 1 aromatic rings. The summed E-state index contributed by atoms with van der Waals surface area (Å²) in [5.74, 6) is -0.637. The van der Waals surface area contributed by atoms with E-state index in [4.69, 9.17) is 0 Å². The van der Waals surface area contributed by atoms with Crippen LogP contribution in [0.4, 0.5) is 10.1 Å². The second-order valence-electron chi connectivity index (χ2n) is 4.30. The number of amides is 1. The lowest BCUT2D eigenvalue weighted by Gasteiger charge is -2.19. The van der Waals surface area contributed by atoms with Crippen molar-refractivity contribution in [2.24, 2.45) is 0 Å². The number of ketones is 1. The Morgan fingerprint density at radius 3 is 3.00 bits per heavy atom. The van der Waals surface area contributed by atoms with Gasteiger partial charge in [-0.15, -0.1) is 0 Å². The molecule has 2 aliphatic heterocycles. The summed E-state index contributed by atoms with van der Waals surface area (Å²) < 4.78 is 13.2. The van der Waals surface area contributed by atoms with Crippen molar-refractivity contribution in [1.29, 1.82) is 0 Å². The van der Waals surface area contributed by atoms with E-state index >= 15 is 0 Å². The zero-order chi connectivity index (χ0) is 12.0. The Balaban J connectivity index is 2.07. The molecule has 1 atom stereocenters. The summed E-state index contributed by atoms with van der Waals surface area (Å²) in [6, 6.07) is 3.65. The minimum atomic E-state index is -0.442. The molecular weight excluding hydrogens is 223 g/mol. The van der Waals surface area contributed by atoms with Gasteiger partial charge in [0, 0.05) is 25.2 Å². The number of hydrogen-bond donors (Lipinski definition) is 1. The number of anilines is 1. The van der Waals surface area contributed by atoms with E-state index < -0.39 is 11.9 Å². The average Bonchev–Trinajstić information content (AvgIpc) is 2.61. The van der Waals surface area contributed by atoms with Crippen LogP contribution in [0.3, 0.4) is 0 Å². The largest absolute Gasteiger partial charge is 0.382 e. The molecule has 1 amide bonds. The van der Waals surface area contributed by atoms with E-state index in [0.29, 0.717) is 30.8 Å². The quantitative estimate of drug-likeness (QED) is 0.729. The zero-order valence-electron chi connectivity index (χ0n) is 9.07. The van der Waals surface area contributed by atoms with E-state index in [2.05, 4.69) is 5.32 Å². The van der Waals surface area contributed by atoms with Crippen LogP contribution in [0.15, 0.2) is 18.2 Å². The van der Waals surface area contributed by atoms with Crippen LogP contribution >= 0.6 is 0 Å². The van der Waals surface area contributed by atoms with Gasteiger partial charge in [0.15, 0.2) is 5.78 Å². The molecule has 1 N–H and O–H groups in total. The lowest BCUT2D eigenvalue weighted by atomic mass is 10.1. The second kappa shape index (κ2) is 3.55. The highest BCUT2D eigenvalue weighted by Crippen LogP contribution is 2.26. The number of halogens is 1. The third-order valence-corrected chi connectivity index (χ3v) is 3.31. The summed E-state index contributed by atoms with van der Waals surface area (Å²) in [7, 11) is 0. The van der Waals surface area contributed by atoms with Crippen LogP contribution in [0.2, 0.25) is 0 Å². The molecule has 2 aliphatic rings. The second-order valence-corrected chi connectivity index (χ2v) is 4.30.